The van der Waals surface area contributed by atoms with Crippen molar-refractivity contribution in [2.24, 2.45) is 0 Å². The second-order valence-electron chi connectivity index (χ2n) is 5.28. The lowest BCUT2D eigenvalue weighted by Crippen LogP contribution is -2.41. The first-order valence-electron chi connectivity index (χ1n) is 6.97. The third-order valence-electron chi connectivity index (χ3n) is 3.70. The molecule has 22 heavy (non-hydrogen) atoms. The number of halogens is 1. The monoisotopic (exact) mass is 321 g/mol. The van der Waals surface area contributed by atoms with Crippen LogP contribution in [0.2, 0.25) is 0 Å². The molecule has 8 heteroatoms. The average Bonchev–Trinajstić information content (AvgIpc) is 3.17. The van der Waals surface area contributed by atoms with Crippen molar-refractivity contribution in [3.05, 3.63) is 34.9 Å². The zero-order valence-corrected chi connectivity index (χ0v) is 12.9. The van der Waals surface area contributed by atoms with Crippen molar-refractivity contribution < 1.29 is 9.18 Å². The molecule has 3 rings (SSSR count). The van der Waals surface area contributed by atoms with E-state index in [1.807, 2.05) is 4.90 Å². The molecule has 116 valence electrons. The summed E-state index contributed by atoms with van der Waals surface area (Å²) in [4.78, 5) is 19.7. The van der Waals surface area contributed by atoms with E-state index in [0.29, 0.717) is 24.5 Å². The van der Waals surface area contributed by atoms with Crippen LogP contribution in [0.5, 0.6) is 0 Å². The highest BCUT2D eigenvalue weighted by Crippen LogP contribution is 2.26. The second kappa shape index (κ2) is 6.35. The van der Waals surface area contributed by atoms with Crippen LogP contribution in [0, 0.1) is 0 Å². The number of likely N-dealkylation sites (N-methyl/N-ethyl adjacent to an activating group) is 1. The molecule has 1 aliphatic rings. The van der Waals surface area contributed by atoms with Gasteiger partial charge in [0, 0.05) is 31.6 Å². The van der Waals surface area contributed by atoms with Gasteiger partial charge in [-0.1, -0.05) is 0 Å². The van der Waals surface area contributed by atoms with Crippen molar-refractivity contribution in [1.29, 1.82) is 0 Å². The van der Waals surface area contributed by atoms with Gasteiger partial charge in [-0.2, -0.15) is 5.10 Å². The van der Waals surface area contributed by atoms with E-state index in [1.54, 1.807) is 41.2 Å². The first-order valence-corrected chi connectivity index (χ1v) is 7.91. The quantitative estimate of drug-likeness (QED) is 0.856. The standard InChI is InChI=1S/C14H16FN5OS/c1-19(14(21)12-8-22-9-16-12)7-11-5-10(15)6-20(11)13-3-2-4-17-18-13/h2-4,8-11H,5-7H2,1H3/t10-,11-/m0/s1. The maximum absolute atomic E-state index is 13.8. The molecule has 0 unspecified atom stereocenters. The van der Waals surface area contributed by atoms with Gasteiger partial charge in [0.05, 0.1) is 18.1 Å². The second-order valence-corrected chi connectivity index (χ2v) is 6.00. The number of nitrogens with zero attached hydrogens (tertiary/aromatic N) is 5. The molecular formula is C14H16FN5OS. The van der Waals surface area contributed by atoms with Gasteiger partial charge in [-0.3, -0.25) is 4.79 Å². The van der Waals surface area contributed by atoms with Crippen LogP contribution in [0.4, 0.5) is 10.2 Å². The van der Waals surface area contributed by atoms with Gasteiger partial charge >= 0.3 is 0 Å². The Kier molecular flexibility index (Phi) is 4.28. The highest BCUT2D eigenvalue weighted by Gasteiger charge is 2.34. The van der Waals surface area contributed by atoms with Crippen molar-refractivity contribution >= 4 is 23.1 Å². The number of hydrogen-bond donors (Lipinski definition) is 0. The van der Waals surface area contributed by atoms with Crippen LogP contribution in [-0.4, -0.2) is 58.3 Å². The summed E-state index contributed by atoms with van der Waals surface area (Å²) in [6.45, 7) is 0.704. The number of carbonyl (C=O) groups is 1. The molecule has 0 radical (unpaired) electrons. The van der Waals surface area contributed by atoms with Gasteiger partial charge < -0.3 is 9.80 Å². The summed E-state index contributed by atoms with van der Waals surface area (Å²) in [7, 11) is 1.71. The summed E-state index contributed by atoms with van der Waals surface area (Å²) >= 11 is 1.38. The maximum atomic E-state index is 13.8. The Balaban J connectivity index is 1.71. The van der Waals surface area contributed by atoms with Crippen LogP contribution in [0.25, 0.3) is 0 Å². The lowest BCUT2D eigenvalue weighted by Gasteiger charge is -2.28. The summed E-state index contributed by atoms with van der Waals surface area (Å²) in [5.74, 6) is 0.491. The normalized spacial score (nSPS) is 21.1. The molecular weight excluding hydrogens is 305 g/mol. The number of aromatic nitrogens is 3. The van der Waals surface area contributed by atoms with Gasteiger partial charge in [-0.25, -0.2) is 9.37 Å². The number of carbonyl (C=O) groups excluding carboxylic acids is 1. The van der Waals surface area contributed by atoms with Gasteiger partial charge in [-0.05, 0) is 12.1 Å². The fraction of sp³-hybridized carbons (Fsp3) is 0.429. The van der Waals surface area contributed by atoms with Crippen molar-refractivity contribution in [2.45, 2.75) is 18.6 Å². The predicted molar refractivity (Wildman–Crippen MR) is 81.8 cm³/mol. The largest absolute Gasteiger partial charge is 0.347 e. The van der Waals surface area contributed by atoms with E-state index in [0.717, 1.165) is 0 Å². The molecule has 1 fully saturated rings. The summed E-state index contributed by atoms with van der Waals surface area (Å²) in [5, 5.41) is 9.60. The Labute approximate surface area is 131 Å². The number of rotatable bonds is 4. The van der Waals surface area contributed by atoms with Crippen LogP contribution in [0.3, 0.4) is 0 Å². The number of thiazole rings is 1. The van der Waals surface area contributed by atoms with Gasteiger partial charge in [0.25, 0.3) is 5.91 Å². The first-order chi connectivity index (χ1) is 10.6. The molecule has 0 spiro atoms. The molecule has 3 heterocycles. The predicted octanol–water partition coefficient (Wildman–Crippen LogP) is 1.62. The van der Waals surface area contributed by atoms with Crippen molar-refractivity contribution in [3.63, 3.8) is 0 Å². The Bertz CT molecular complexity index is 623. The molecule has 1 aliphatic heterocycles. The number of hydrogen-bond acceptors (Lipinski definition) is 6. The summed E-state index contributed by atoms with van der Waals surface area (Å²) in [5.41, 5.74) is 2.05. The molecule has 2 aromatic rings. The van der Waals surface area contributed by atoms with Gasteiger partial charge in [-0.15, -0.1) is 16.4 Å². The Morgan fingerprint density at radius 2 is 2.45 bits per heavy atom. The van der Waals surface area contributed by atoms with E-state index in [4.69, 9.17) is 0 Å². The van der Waals surface area contributed by atoms with Gasteiger partial charge in [0.2, 0.25) is 0 Å². The molecule has 0 aromatic carbocycles. The lowest BCUT2D eigenvalue weighted by molar-refractivity contribution is 0.0781. The molecule has 0 saturated carbocycles. The highest BCUT2D eigenvalue weighted by molar-refractivity contribution is 7.07. The third kappa shape index (κ3) is 3.06. The Morgan fingerprint density at radius 1 is 1.59 bits per heavy atom. The molecule has 1 amide bonds. The molecule has 6 nitrogen and oxygen atoms in total. The fourth-order valence-corrected chi connectivity index (χ4v) is 3.20. The van der Waals surface area contributed by atoms with E-state index in [1.165, 1.54) is 11.3 Å². The zero-order valence-electron chi connectivity index (χ0n) is 12.1. The molecule has 2 aromatic heterocycles. The first kappa shape index (κ1) is 14.8. The minimum Gasteiger partial charge on any atom is -0.347 e. The number of anilines is 1. The molecule has 0 aliphatic carbocycles. The maximum Gasteiger partial charge on any atom is 0.273 e. The lowest BCUT2D eigenvalue weighted by atomic mass is 10.2. The van der Waals surface area contributed by atoms with Crippen molar-refractivity contribution in [2.75, 3.05) is 25.0 Å². The van der Waals surface area contributed by atoms with Crippen LogP contribution < -0.4 is 4.90 Å². The minimum atomic E-state index is -0.921. The fourth-order valence-electron chi connectivity index (χ4n) is 2.67. The van der Waals surface area contributed by atoms with E-state index < -0.39 is 6.17 Å². The van der Waals surface area contributed by atoms with Gasteiger partial charge in [0.1, 0.15) is 11.9 Å². The summed E-state index contributed by atoms with van der Waals surface area (Å²) in [6, 6.07) is 3.47. The smallest absolute Gasteiger partial charge is 0.273 e. The van der Waals surface area contributed by atoms with Gasteiger partial charge in [0.15, 0.2) is 5.82 Å². The number of amides is 1. The van der Waals surface area contributed by atoms with Crippen molar-refractivity contribution in [1.82, 2.24) is 20.1 Å². The van der Waals surface area contributed by atoms with E-state index in [-0.39, 0.29) is 18.5 Å². The van der Waals surface area contributed by atoms with E-state index in [2.05, 4.69) is 15.2 Å². The highest BCUT2D eigenvalue weighted by atomic mass is 32.1. The molecule has 2 atom stereocenters. The molecule has 1 saturated heterocycles. The zero-order chi connectivity index (χ0) is 15.5. The van der Waals surface area contributed by atoms with Crippen LogP contribution in [0.15, 0.2) is 29.2 Å². The molecule has 0 bridgehead atoms. The van der Waals surface area contributed by atoms with E-state index in [9.17, 15) is 9.18 Å². The average molecular weight is 321 g/mol. The Morgan fingerprint density at radius 3 is 3.14 bits per heavy atom. The summed E-state index contributed by atoms with van der Waals surface area (Å²) < 4.78 is 13.8. The van der Waals surface area contributed by atoms with Crippen LogP contribution >= 0.6 is 11.3 Å². The van der Waals surface area contributed by atoms with Crippen LogP contribution in [-0.2, 0) is 0 Å². The van der Waals surface area contributed by atoms with Crippen molar-refractivity contribution in [3.8, 4) is 0 Å². The SMILES string of the molecule is CN(C[C@@H]1C[C@H](F)CN1c1cccnn1)C(=O)c1cscn1. The summed E-state index contributed by atoms with van der Waals surface area (Å²) in [6.07, 6.45) is 1.04. The third-order valence-corrected chi connectivity index (χ3v) is 4.29. The minimum absolute atomic E-state index is 0.112. The van der Waals surface area contributed by atoms with E-state index >= 15 is 0 Å². The Hall–Kier alpha value is -2.09. The molecule has 0 N–H and O–H groups in total. The topological polar surface area (TPSA) is 62.2 Å². The van der Waals surface area contributed by atoms with Crippen LogP contribution in [0.1, 0.15) is 16.9 Å². The number of alkyl halides is 1.